The average Bonchev–Trinajstić information content (AvgIpc) is 3.42. The number of hydrogen-bond donors (Lipinski definition) is 1. The normalized spacial score (nSPS) is 18.6. The van der Waals surface area contributed by atoms with Gasteiger partial charge in [0.25, 0.3) is 0 Å². The van der Waals surface area contributed by atoms with Gasteiger partial charge >= 0.3 is 0 Å². The minimum Gasteiger partial charge on any atom is -0.497 e. The zero-order valence-electron chi connectivity index (χ0n) is 14.2. The Bertz CT molecular complexity index is 962. The number of carbonyl (C=O) groups excluding carboxylic acids is 1. The molecule has 7 heteroatoms. The van der Waals surface area contributed by atoms with Crippen molar-refractivity contribution < 1.29 is 17.9 Å². The lowest BCUT2D eigenvalue weighted by Crippen LogP contribution is -2.33. The highest BCUT2D eigenvalue weighted by atomic mass is 32.2. The van der Waals surface area contributed by atoms with E-state index in [0.29, 0.717) is 12.0 Å². The third-order valence-electron chi connectivity index (χ3n) is 4.41. The summed E-state index contributed by atoms with van der Waals surface area (Å²) in [6, 6.07) is 15.8. The largest absolute Gasteiger partial charge is 0.497 e. The Morgan fingerprint density at radius 2 is 1.92 bits per heavy atom. The van der Waals surface area contributed by atoms with Crippen LogP contribution in [0.25, 0.3) is 0 Å². The van der Waals surface area contributed by atoms with Crippen molar-refractivity contribution in [2.75, 3.05) is 7.11 Å². The molecule has 1 amide bonds. The number of benzene rings is 2. The Kier molecular flexibility index (Phi) is 4.96. The molecule has 0 unspecified atom stereocenters. The van der Waals surface area contributed by atoms with Crippen molar-refractivity contribution in [3.05, 3.63) is 65.2 Å². The van der Waals surface area contributed by atoms with E-state index < -0.39 is 21.7 Å². The number of rotatable bonds is 6. The molecule has 2 aromatic carbocycles. The zero-order valence-corrected chi connectivity index (χ0v) is 15.0. The first kappa shape index (κ1) is 18.0. The second-order valence-electron chi connectivity index (χ2n) is 6.22. The summed E-state index contributed by atoms with van der Waals surface area (Å²) in [4.78, 5) is 12.3. The van der Waals surface area contributed by atoms with Crippen LogP contribution in [-0.2, 0) is 20.6 Å². The van der Waals surface area contributed by atoms with Gasteiger partial charge < -0.3 is 4.74 Å². The smallest absolute Gasteiger partial charge is 0.239 e. The lowest BCUT2D eigenvalue weighted by molar-refractivity contribution is -0.120. The predicted octanol–water partition coefficient (Wildman–Crippen LogP) is 2.32. The predicted molar refractivity (Wildman–Crippen MR) is 95.8 cm³/mol. The van der Waals surface area contributed by atoms with Crippen molar-refractivity contribution in [1.29, 1.82) is 5.26 Å². The number of sulfonamides is 1. The first-order chi connectivity index (χ1) is 12.4. The first-order valence-corrected chi connectivity index (χ1v) is 9.75. The van der Waals surface area contributed by atoms with Crippen LogP contribution >= 0.6 is 0 Å². The molecule has 0 bridgehead atoms. The van der Waals surface area contributed by atoms with Crippen LogP contribution in [0, 0.1) is 17.2 Å². The van der Waals surface area contributed by atoms with Gasteiger partial charge in [-0.1, -0.05) is 30.3 Å². The SMILES string of the molecule is COc1ccc([C@@H]2C[C@@H]2C(=O)NS(=O)(=O)Cc2ccccc2C#N)cc1. The third kappa shape index (κ3) is 4.03. The Balaban J connectivity index is 1.63. The maximum Gasteiger partial charge on any atom is 0.239 e. The molecule has 2 aromatic rings. The van der Waals surface area contributed by atoms with Gasteiger partial charge in [0, 0.05) is 5.92 Å². The van der Waals surface area contributed by atoms with Crippen molar-refractivity contribution in [2.24, 2.45) is 5.92 Å². The van der Waals surface area contributed by atoms with E-state index in [1.54, 1.807) is 31.4 Å². The highest BCUT2D eigenvalue weighted by molar-refractivity contribution is 7.89. The van der Waals surface area contributed by atoms with Gasteiger partial charge in [-0.25, -0.2) is 8.42 Å². The van der Waals surface area contributed by atoms with Crippen molar-refractivity contribution in [3.63, 3.8) is 0 Å². The van der Waals surface area contributed by atoms with E-state index in [1.165, 1.54) is 0 Å². The van der Waals surface area contributed by atoms with Crippen LogP contribution in [0.5, 0.6) is 5.75 Å². The van der Waals surface area contributed by atoms with Crippen molar-refractivity contribution >= 4 is 15.9 Å². The Labute approximate surface area is 152 Å². The average molecular weight is 370 g/mol. The summed E-state index contributed by atoms with van der Waals surface area (Å²) in [5, 5.41) is 9.05. The summed E-state index contributed by atoms with van der Waals surface area (Å²) in [6.07, 6.45) is 0.614. The van der Waals surface area contributed by atoms with Crippen LogP contribution in [0.2, 0.25) is 0 Å². The molecule has 1 fully saturated rings. The molecule has 0 spiro atoms. The molecule has 0 aromatic heterocycles. The molecule has 0 saturated heterocycles. The van der Waals surface area contributed by atoms with E-state index in [4.69, 9.17) is 10.00 Å². The van der Waals surface area contributed by atoms with Gasteiger partial charge in [0.1, 0.15) is 5.75 Å². The molecule has 26 heavy (non-hydrogen) atoms. The molecule has 2 atom stereocenters. The number of ether oxygens (including phenoxy) is 1. The Morgan fingerprint density at radius 3 is 2.58 bits per heavy atom. The lowest BCUT2D eigenvalue weighted by Gasteiger charge is -2.08. The molecule has 1 aliphatic carbocycles. The van der Waals surface area contributed by atoms with E-state index in [0.717, 1.165) is 11.3 Å². The van der Waals surface area contributed by atoms with E-state index in [-0.39, 0.29) is 17.4 Å². The molecule has 1 aliphatic rings. The Morgan fingerprint density at radius 1 is 1.23 bits per heavy atom. The minimum atomic E-state index is -3.86. The number of nitriles is 1. The van der Waals surface area contributed by atoms with Gasteiger partial charge in [-0.3, -0.25) is 9.52 Å². The standard InChI is InChI=1S/C19H18N2O4S/c1-25-16-8-6-13(7-9-16)17-10-18(17)19(22)21-26(23,24)12-15-5-3-2-4-14(15)11-20/h2-9,17-18H,10,12H2,1H3,(H,21,22)/t17-,18-/m0/s1. The van der Waals surface area contributed by atoms with Gasteiger partial charge in [0.05, 0.1) is 24.5 Å². The molecule has 0 radical (unpaired) electrons. The fourth-order valence-corrected chi connectivity index (χ4v) is 4.12. The number of methoxy groups -OCH3 is 1. The summed E-state index contributed by atoms with van der Waals surface area (Å²) in [5.41, 5.74) is 1.64. The summed E-state index contributed by atoms with van der Waals surface area (Å²) >= 11 is 0. The first-order valence-electron chi connectivity index (χ1n) is 8.10. The molecular formula is C19H18N2O4S. The number of hydrogen-bond acceptors (Lipinski definition) is 5. The molecule has 1 saturated carbocycles. The molecular weight excluding hydrogens is 352 g/mol. The summed E-state index contributed by atoms with van der Waals surface area (Å²) < 4.78 is 31.8. The van der Waals surface area contributed by atoms with Crippen LogP contribution in [-0.4, -0.2) is 21.4 Å². The molecule has 1 N–H and O–H groups in total. The van der Waals surface area contributed by atoms with Gasteiger partial charge in [-0.05, 0) is 41.7 Å². The summed E-state index contributed by atoms with van der Waals surface area (Å²) in [7, 11) is -2.28. The second kappa shape index (κ2) is 7.18. The van der Waals surface area contributed by atoms with Crippen molar-refractivity contribution in [1.82, 2.24) is 4.72 Å². The third-order valence-corrected chi connectivity index (χ3v) is 5.61. The van der Waals surface area contributed by atoms with Gasteiger partial charge in [0.2, 0.25) is 15.9 Å². The van der Waals surface area contributed by atoms with Crippen LogP contribution in [0.1, 0.15) is 29.0 Å². The number of carbonyl (C=O) groups is 1. The minimum absolute atomic E-state index is 0.0162. The number of amides is 1. The molecule has 0 aliphatic heterocycles. The Hall–Kier alpha value is -2.85. The van der Waals surface area contributed by atoms with E-state index >= 15 is 0 Å². The van der Waals surface area contributed by atoms with Crippen LogP contribution in [0.4, 0.5) is 0 Å². The highest BCUT2D eigenvalue weighted by Gasteiger charge is 2.45. The second-order valence-corrected chi connectivity index (χ2v) is 7.94. The molecule has 0 heterocycles. The van der Waals surface area contributed by atoms with E-state index in [2.05, 4.69) is 4.72 Å². The highest BCUT2D eigenvalue weighted by Crippen LogP contribution is 2.47. The molecule has 3 rings (SSSR count). The maximum atomic E-state index is 12.3. The van der Waals surface area contributed by atoms with E-state index in [9.17, 15) is 13.2 Å². The van der Waals surface area contributed by atoms with Crippen LogP contribution < -0.4 is 9.46 Å². The monoisotopic (exact) mass is 370 g/mol. The van der Waals surface area contributed by atoms with Gasteiger partial charge in [-0.2, -0.15) is 5.26 Å². The fraction of sp³-hybridized carbons (Fsp3) is 0.263. The summed E-state index contributed by atoms with van der Waals surface area (Å²) in [6.45, 7) is 0. The topological polar surface area (TPSA) is 96.3 Å². The van der Waals surface area contributed by atoms with Gasteiger partial charge in [0.15, 0.2) is 0 Å². The van der Waals surface area contributed by atoms with Crippen LogP contribution in [0.15, 0.2) is 48.5 Å². The van der Waals surface area contributed by atoms with Crippen LogP contribution in [0.3, 0.4) is 0 Å². The number of nitrogens with one attached hydrogen (secondary N) is 1. The summed E-state index contributed by atoms with van der Waals surface area (Å²) in [5.74, 6) is -0.510. The number of nitrogens with zero attached hydrogens (tertiary/aromatic N) is 1. The van der Waals surface area contributed by atoms with Crippen molar-refractivity contribution in [2.45, 2.75) is 18.1 Å². The molecule has 134 valence electrons. The van der Waals surface area contributed by atoms with Gasteiger partial charge in [-0.15, -0.1) is 0 Å². The fourth-order valence-electron chi connectivity index (χ4n) is 2.93. The zero-order chi connectivity index (χ0) is 18.7. The lowest BCUT2D eigenvalue weighted by atomic mass is 10.1. The molecule has 6 nitrogen and oxygen atoms in total. The van der Waals surface area contributed by atoms with E-state index in [1.807, 2.05) is 30.3 Å². The van der Waals surface area contributed by atoms with Crippen molar-refractivity contribution in [3.8, 4) is 11.8 Å². The maximum absolute atomic E-state index is 12.3. The quantitative estimate of drug-likeness (QED) is 0.842.